The van der Waals surface area contributed by atoms with Crippen LogP contribution in [-0.4, -0.2) is 20.5 Å². The summed E-state index contributed by atoms with van der Waals surface area (Å²) < 4.78 is 26.6. The number of sulfonamides is 1. The number of rotatable bonds is 4. The average Bonchev–Trinajstić information content (AvgIpc) is 2.27. The SMILES string of the molecule is CC(C)(CN)NS(=O)(=O)c1ccc(C#N)cc1Cl. The highest BCUT2D eigenvalue weighted by Gasteiger charge is 2.26. The van der Waals surface area contributed by atoms with E-state index in [1.807, 2.05) is 6.07 Å². The lowest BCUT2D eigenvalue weighted by atomic mass is 10.1. The number of nitrogens with zero attached hydrogens (tertiary/aromatic N) is 1. The Morgan fingerprint density at radius 1 is 1.50 bits per heavy atom. The maximum absolute atomic E-state index is 12.1. The molecule has 5 nitrogen and oxygen atoms in total. The zero-order valence-electron chi connectivity index (χ0n) is 10.1. The lowest BCUT2D eigenvalue weighted by Crippen LogP contribution is -2.48. The van der Waals surface area contributed by atoms with Gasteiger partial charge in [-0.1, -0.05) is 11.6 Å². The number of benzene rings is 1. The zero-order valence-corrected chi connectivity index (χ0v) is 11.6. The van der Waals surface area contributed by atoms with Crippen molar-refractivity contribution in [1.29, 1.82) is 5.26 Å². The minimum Gasteiger partial charge on any atom is -0.329 e. The van der Waals surface area contributed by atoms with Crippen LogP contribution >= 0.6 is 11.6 Å². The molecule has 0 spiro atoms. The highest BCUT2D eigenvalue weighted by atomic mass is 35.5. The molecule has 0 saturated carbocycles. The number of hydrogen-bond donors (Lipinski definition) is 2. The molecule has 0 aliphatic heterocycles. The fourth-order valence-electron chi connectivity index (χ4n) is 1.25. The van der Waals surface area contributed by atoms with Gasteiger partial charge in [-0.25, -0.2) is 13.1 Å². The molecule has 98 valence electrons. The molecule has 0 radical (unpaired) electrons. The predicted molar refractivity (Wildman–Crippen MR) is 69.6 cm³/mol. The molecular formula is C11H14ClN3O2S. The molecular weight excluding hydrogens is 274 g/mol. The van der Waals surface area contributed by atoms with Crippen LogP contribution in [0.3, 0.4) is 0 Å². The second kappa shape index (κ2) is 5.24. The highest BCUT2D eigenvalue weighted by molar-refractivity contribution is 7.89. The monoisotopic (exact) mass is 287 g/mol. The number of nitrogens with one attached hydrogen (secondary N) is 1. The number of nitriles is 1. The molecule has 0 atom stereocenters. The summed E-state index contributed by atoms with van der Waals surface area (Å²) >= 11 is 5.86. The van der Waals surface area contributed by atoms with Gasteiger partial charge in [-0.2, -0.15) is 5.26 Å². The molecule has 0 bridgehead atoms. The Kier molecular flexibility index (Phi) is 4.35. The second-order valence-corrected chi connectivity index (χ2v) is 6.51. The summed E-state index contributed by atoms with van der Waals surface area (Å²) in [7, 11) is -3.76. The summed E-state index contributed by atoms with van der Waals surface area (Å²) in [5.41, 5.74) is 5.01. The first-order valence-corrected chi connectivity index (χ1v) is 7.02. The Hall–Kier alpha value is -1.13. The third kappa shape index (κ3) is 3.43. The standard InChI is InChI=1S/C11H14ClN3O2S/c1-11(2,7-14)15-18(16,17)10-4-3-8(6-13)5-9(10)12/h3-5,15H,7,14H2,1-2H3. The van der Waals surface area contributed by atoms with E-state index in [1.54, 1.807) is 13.8 Å². The Balaban J connectivity index is 3.19. The predicted octanol–water partition coefficient (Wildman–Crippen LogP) is 1.23. The van der Waals surface area contributed by atoms with E-state index >= 15 is 0 Å². The quantitative estimate of drug-likeness (QED) is 0.870. The van der Waals surface area contributed by atoms with Crippen LogP contribution in [0.5, 0.6) is 0 Å². The fourth-order valence-corrected chi connectivity index (χ4v) is 3.22. The first kappa shape index (κ1) is 14.9. The van der Waals surface area contributed by atoms with E-state index in [0.29, 0.717) is 5.56 Å². The van der Waals surface area contributed by atoms with Crippen molar-refractivity contribution >= 4 is 21.6 Å². The van der Waals surface area contributed by atoms with Gasteiger partial charge in [0.15, 0.2) is 0 Å². The van der Waals surface area contributed by atoms with Gasteiger partial charge in [0, 0.05) is 12.1 Å². The molecule has 0 heterocycles. The molecule has 1 aromatic rings. The normalized spacial score (nSPS) is 12.2. The molecule has 0 aromatic heterocycles. The van der Waals surface area contributed by atoms with Crippen molar-refractivity contribution < 1.29 is 8.42 Å². The van der Waals surface area contributed by atoms with Crippen LogP contribution in [0.1, 0.15) is 19.4 Å². The van der Waals surface area contributed by atoms with Gasteiger partial charge in [-0.05, 0) is 32.0 Å². The smallest absolute Gasteiger partial charge is 0.242 e. The van der Waals surface area contributed by atoms with Crippen LogP contribution in [0.4, 0.5) is 0 Å². The summed E-state index contributed by atoms with van der Waals surface area (Å²) in [6.07, 6.45) is 0. The van der Waals surface area contributed by atoms with Gasteiger partial charge in [-0.15, -0.1) is 0 Å². The van der Waals surface area contributed by atoms with Crippen molar-refractivity contribution in [2.75, 3.05) is 6.54 Å². The van der Waals surface area contributed by atoms with Gasteiger partial charge in [0.1, 0.15) is 4.90 Å². The first-order chi connectivity index (χ1) is 8.22. The van der Waals surface area contributed by atoms with E-state index < -0.39 is 15.6 Å². The molecule has 18 heavy (non-hydrogen) atoms. The minimum atomic E-state index is -3.76. The average molecular weight is 288 g/mol. The summed E-state index contributed by atoms with van der Waals surface area (Å²) in [6, 6.07) is 5.90. The summed E-state index contributed by atoms with van der Waals surface area (Å²) in [5, 5.41) is 8.70. The molecule has 1 rings (SSSR count). The number of hydrogen-bond acceptors (Lipinski definition) is 4. The lowest BCUT2D eigenvalue weighted by Gasteiger charge is -2.24. The number of halogens is 1. The van der Waals surface area contributed by atoms with Crippen molar-refractivity contribution in [2.24, 2.45) is 5.73 Å². The Labute approximate surface area is 112 Å². The Morgan fingerprint density at radius 2 is 2.11 bits per heavy atom. The maximum Gasteiger partial charge on any atom is 0.242 e. The highest BCUT2D eigenvalue weighted by Crippen LogP contribution is 2.23. The van der Waals surface area contributed by atoms with Crippen molar-refractivity contribution in [3.05, 3.63) is 28.8 Å². The van der Waals surface area contributed by atoms with Crippen molar-refractivity contribution in [3.8, 4) is 6.07 Å². The van der Waals surface area contributed by atoms with Crippen molar-refractivity contribution in [1.82, 2.24) is 4.72 Å². The van der Waals surface area contributed by atoms with E-state index in [9.17, 15) is 8.42 Å². The second-order valence-electron chi connectivity index (χ2n) is 4.45. The molecule has 1 aromatic carbocycles. The van der Waals surface area contributed by atoms with E-state index in [2.05, 4.69) is 4.72 Å². The van der Waals surface area contributed by atoms with Crippen LogP contribution in [0.25, 0.3) is 0 Å². The topological polar surface area (TPSA) is 96.0 Å². The van der Waals surface area contributed by atoms with Crippen LogP contribution in [0.15, 0.2) is 23.1 Å². The lowest BCUT2D eigenvalue weighted by molar-refractivity contribution is 0.462. The molecule has 0 saturated heterocycles. The maximum atomic E-state index is 12.1. The molecule has 7 heteroatoms. The molecule has 0 aliphatic carbocycles. The van der Waals surface area contributed by atoms with Gasteiger partial charge >= 0.3 is 0 Å². The summed E-state index contributed by atoms with van der Waals surface area (Å²) in [4.78, 5) is -0.0651. The van der Waals surface area contributed by atoms with Gasteiger partial charge in [0.2, 0.25) is 10.0 Å². The van der Waals surface area contributed by atoms with E-state index in [0.717, 1.165) is 0 Å². The van der Waals surface area contributed by atoms with Crippen LogP contribution in [0, 0.1) is 11.3 Å². The first-order valence-electron chi connectivity index (χ1n) is 5.15. The van der Waals surface area contributed by atoms with Crippen LogP contribution in [0.2, 0.25) is 5.02 Å². The van der Waals surface area contributed by atoms with Crippen molar-refractivity contribution in [3.63, 3.8) is 0 Å². The third-order valence-corrected chi connectivity index (χ3v) is 4.45. The van der Waals surface area contributed by atoms with Crippen LogP contribution < -0.4 is 10.5 Å². The van der Waals surface area contributed by atoms with Gasteiger partial charge in [-0.3, -0.25) is 0 Å². The summed E-state index contributed by atoms with van der Waals surface area (Å²) in [6.45, 7) is 3.49. The molecule has 0 fully saturated rings. The number of nitrogens with two attached hydrogens (primary N) is 1. The van der Waals surface area contributed by atoms with E-state index in [1.165, 1.54) is 18.2 Å². The largest absolute Gasteiger partial charge is 0.329 e. The van der Waals surface area contributed by atoms with Gasteiger partial charge in [0.25, 0.3) is 0 Å². The van der Waals surface area contributed by atoms with E-state index in [-0.39, 0.29) is 16.5 Å². The molecule has 0 unspecified atom stereocenters. The van der Waals surface area contributed by atoms with Gasteiger partial charge < -0.3 is 5.73 Å². The fraction of sp³-hybridized carbons (Fsp3) is 0.364. The van der Waals surface area contributed by atoms with Crippen molar-refractivity contribution in [2.45, 2.75) is 24.3 Å². The Bertz CT molecular complexity index is 591. The van der Waals surface area contributed by atoms with Crippen LogP contribution in [-0.2, 0) is 10.0 Å². The third-order valence-electron chi connectivity index (χ3n) is 2.27. The summed E-state index contributed by atoms with van der Waals surface area (Å²) in [5.74, 6) is 0. The Morgan fingerprint density at radius 3 is 2.56 bits per heavy atom. The molecule has 0 aliphatic rings. The molecule has 0 amide bonds. The van der Waals surface area contributed by atoms with Gasteiger partial charge in [0.05, 0.1) is 16.7 Å². The molecule has 3 N–H and O–H groups in total. The zero-order chi connectivity index (χ0) is 14.0. The minimum absolute atomic E-state index is 0.00868. The van der Waals surface area contributed by atoms with E-state index in [4.69, 9.17) is 22.6 Å².